The van der Waals surface area contributed by atoms with Gasteiger partial charge >= 0.3 is 0 Å². The van der Waals surface area contributed by atoms with Gasteiger partial charge in [-0.25, -0.2) is 0 Å². The van der Waals surface area contributed by atoms with Crippen LogP contribution in [-0.4, -0.2) is 49.4 Å². The van der Waals surface area contributed by atoms with Crippen molar-refractivity contribution in [2.45, 2.75) is 6.42 Å². The first-order chi connectivity index (χ1) is 12.2. The van der Waals surface area contributed by atoms with Gasteiger partial charge in [0.2, 0.25) is 5.91 Å². The Kier molecular flexibility index (Phi) is 4.40. The van der Waals surface area contributed by atoms with Crippen LogP contribution >= 0.6 is 0 Å². The molecule has 2 fully saturated rings. The maximum Gasteiger partial charge on any atom is 0.251 e. The summed E-state index contributed by atoms with van der Waals surface area (Å²) in [5, 5.41) is 8.41. The molecule has 2 atom stereocenters. The molecule has 0 radical (unpaired) electrons. The van der Waals surface area contributed by atoms with Crippen LogP contribution < -0.4 is 10.6 Å². The first kappa shape index (κ1) is 16.1. The predicted octanol–water partition coefficient (Wildman–Crippen LogP) is 1.64. The van der Waals surface area contributed by atoms with Crippen molar-refractivity contribution < 1.29 is 9.59 Å². The molecule has 4 rings (SSSR count). The number of nitrogens with zero attached hydrogens (tertiary/aromatic N) is 1. The van der Waals surface area contributed by atoms with Gasteiger partial charge in [-0.1, -0.05) is 30.3 Å². The molecular formula is C20H23N3O2. The van der Waals surface area contributed by atoms with Gasteiger partial charge in [0.05, 0.1) is 0 Å². The SMILES string of the molecule is O=C(NCCC(=O)N1C[C@H]2CNC[C@H]2C1)c1ccc2ccccc2c1. The Balaban J connectivity index is 1.29. The van der Waals surface area contributed by atoms with Gasteiger partial charge in [0.15, 0.2) is 0 Å². The summed E-state index contributed by atoms with van der Waals surface area (Å²) in [6.07, 6.45) is 0.367. The van der Waals surface area contributed by atoms with Crippen molar-refractivity contribution in [3.05, 3.63) is 48.0 Å². The third-order valence-electron chi connectivity index (χ3n) is 5.38. The minimum Gasteiger partial charge on any atom is -0.352 e. The van der Waals surface area contributed by atoms with E-state index in [4.69, 9.17) is 0 Å². The summed E-state index contributed by atoms with van der Waals surface area (Å²) in [5.74, 6) is 1.24. The maximum absolute atomic E-state index is 12.3. The molecule has 2 heterocycles. The minimum absolute atomic E-state index is 0.124. The fourth-order valence-electron chi connectivity index (χ4n) is 3.93. The molecule has 0 unspecified atom stereocenters. The normalized spacial score (nSPS) is 22.2. The number of nitrogens with one attached hydrogen (secondary N) is 2. The lowest BCUT2D eigenvalue weighted by atomic mass is 10.0. The number of hydrogen-bond donors (Lipinski definition) is 2. The molecule has 0 bridgehead atoms. The van der Waals surface area contributed by atoms with Crippen LogP contribution in [0.5, 0.6) is 0 Å². The summed E-state index contributed by atoms with van der Waals surface area (Å²) < 4.78 is 0. The molecule has 2 aromatic rings. The highest BCUT2D eigenvalue weighted by Gasteiger charge is 2.37. The van der Waals surface area contributed by atoms with E-state index < -0.39 is 0 Å². The molecule has 25 heavy (non-hydrogen) atoms. The number of rotatable bonds is 4. The number of hydrogen-bond acceptors (Lipinski definition) is 3. The highest BCUT2D eigenvalue weighted by Crippen LogP contribution is 2.26. The second-order valence-electron chi connectivity index (χ2n) is 7.04. The van der Waals surface area contributed by atoms with E-state index in [2.05, 4.69) is 10.6 Å². The second kappa shape index (κ2) is 6.84. The summed E-state index contributed by atoms with van der Waals surface area (Å²) in [6.45, 7) is 4.14. The number of carbonyl (C=O) groups excluding carboxylic acids is 2. The minimum atomic E-state index is -0.124. The maximum atomic E-state index is 12.3. The average Bonchev–Trinajstić information content (AvgIpc) is 3.23. The van der Waals surface area contributed by atoms with E-state index in [1.54, 1.807) is 0 Å². The molecule has 2 aliphatic rings. The molecular weight excluding hydrogens is 314 g/mol. The Morgan fingerprint density at radius 2 is 1.76 bits per heavy atom. The van der Waals surface area contributed by atoms with E-state index in [-0.39, 0.29) is 11.8 Å². The zero-order chi connectivity index (χ0) is 17.2. The fraction of sp³-hybridized carbons (Fsp3) is 0.400. The second-order valence-corrected chi connectivity index (χ2v) is 7.04. The molecule has 0 spiro atoms. The molecule has 0 saturated carbocycles. The van der Waals surface area contributed by atoms with Crippen molar-refractivity contribution in [2.75, 3.05) is 32.7 Å². The van der Waals surface area contributed by atoms with Crippen molar-refractivity contribution in [2.24, 2.45) is 11.8 Å². The number of benzene rings is 2. The Hall–Kier alpha value is -2.40. The van der Waals surface area contributed by atoms with Crippen LogP contribution in [0.2, 0.25) is 0 Å². The van der Waals surface area contributed by atoms with Gasteiger partial charge in [0.1, 0.15) is 0 Å². The lowest BCUT2D eigenvalue weighted by Crippen LogP contribution is -2.35. The van der Waals surface area contributed by atoms with Crippen molar-refractivity contribution in [1.82, 2.24) is 15.5 Å². The van der Waals surface area contributed by atoms with Crippen LogP contribution in [0.15, 0.2) is 42.5 Å². The van der Waals surface area contributed by atoms with Gasteiger partial charge in [-0.3, -0.25) is 9.59 Å². The topological polar surface area (TPSA) is 61.4 Å². The van der Waals surface area contributed by atoms with Crippen molar-refractivity contribution in [1.29, 1.82) is 0 Å². The molecule has 2 aliphatic heterocycles. The fourth-order valence-corrected chi connectivity index (χ4v) is 3.93. The molecule has 2 saturated heterocycles. The lowest BCUT2D eigenvalue weighted by molar-refractivity contribution is -0.130. The Morgan fingerprint density at radius 1 is 1.04 bits per heavy atom. The summed E-state index contributed by atoms with van der Waals surface area (Å²) >= 11 is 0. The van der Waals surface area contributed by atoms with Crippen LogP contribution in [-0.2, 0) is 4.79 Å². The number of likely N-dealkylation sites (tertiary alicyclic amines) is 1. The summed E-state index contributed by atoms with van der Waals surface area (Å²) in [5.41, 5.74) is 0.632. The molecule has 5 nitrogen and oxygen atoms in total. The molecule has 5 heteroatoms. The van der Waals surface area contributed by atoms with E-state index in [1.807, 2.05) is 47.4 Å². The zero-order valence-electron chi connectivity index (χ0n) is 14.2. The lowest BCUT2D eigenvalue weighted by Gasteiger charge is -2.17. The highest BCUT2D eigenvalue weighted by molar-refractivity contribution is 5.98. The van der Waals surface area contributed by atoms with E-state index >= 15 is 0 Å². The zero-order valence-corrected chi connectivity index (χ0v) is 14.2. The van der Waals surface area contributed by atoms with Crippen LogP contribution in [0, 0.1) is 11.8 Å². The van der Waals surface area contributed by atoms with Crippen LogP contribution in [0.25, 0.3) is 10.8 Å². The van der Waals surface area contributed by atoms with Crippen molar-refractivity contribution >= 4 is 22.6 Å². The Labute approximate surface area is 147 Å². The Bertz CT molecular complexity index is 792. The van der Waals surface area contributed by atoms with Crippen LogP contribution in [0.4, 0.5) is 0 Å². The third-order valence-corrected chi connectivity index (χ3v) is 5.38. The smallest absolute Gasteiger partial charge is 0.251 e. The van der Waals surface area contributed by atoms with Gasteiger partial charge < -0.3 is 15.5 Å². The van der Waals surface area contributed by atoms with Gasteiger partial charge in [-0.15, -0.1) is 0 Å². The van der Waals surface area contributed by atoms with E-state index in [1.165, 1.54) is 0 Å². The molecule has 0 aliphatic carbocycles. The average molecular weight is 337 g/mol. The standard InChI is InChI=1S/C20H23N3O2/c24-19(23-12-17-10-21-11-18(17)13-23)7-8-22-20(25)16-6-5-14-3-1-2-4-15(14)9-16/h1-6,9,17-18,21H,7-8,10-13H2,(H,22,25)/t17-,18+. The first-order valence-electron chi connectivity index (χ1n) is 8.96. The van der Waals surface area contributed by atoms with Crippen LogP contribution in [0.3, 0.4) is 0 Å². The third kappa shape index (κ3) is 3.37. The molecule has 0 aromatic heterocycles. The van der Waals surface area contributed by atoms with Crippen molar-refractivity contribution in [3.8, 4) is 0 Å². The van der Waals surface area contributed by atoms with Gasteiger partial charge in [0.25, 0.3) is 5.91 Å². The number of amides is 2. The highest BCUT2D eigenvalue weighted by atomic mass is 16.2. The molecule has 2 aromatic carbocycles. The monoisotopic (exact) mass is 337 g/mol. The van der Waals surface area contributed by atoms with E-state index in [9.17, 15) is 9.59 Å². The number of fused-ring (bicyclic) bond motifs is 2. The molecule has 2 N–H and O–H groups in total. The van der Waals surface area contributed by atoms with Gasteiger partial charge in [-0.05, 0) is 34.7 Å². The number of carbonyl (C=O) groups is 2. The molecule has 2 amide bonds. The van der Waals surface area contributed by atoms with Crippen LogP contribution in [0.1, 0.15) is 16.8 Å². The first-order valence-corrected chi connectivity index (χ1v) is 8.96. The largest absolute Gasteiger partial charge is 0.352 e. The van der Waals surface area contributed by atoms with E-state index in [0.717, 1.165) is 37.0 Å². The van der Waals surface area contributed by atoms with Crippen molar-refractivity contribution in [3.63, 3.8) is 0 Å². The summed E-state index contributed by atoms with van der Waals surface area (Å²) in [4.78, 5) is 26.6. The predicted molar refractivity (Wildman–Crippen MR) is 97.3 cm³/mol. The van der Waals surface area contributed by atoms with E-state index in [0.29, 0.717) is 30.4 Å². The quantitative estimate of drug-likeness (QED) is 0.892. The molecule has 130 valence electrons. The van der Waals surface area contributed by atoms with Gasteiger partial charge in [0, 0.05) is 44.7 Å². The summed E-state index contributed by atoms with van der Waals surface area (Å²) in [6, 6.07) is 13.6. The van der Waals surface area contributed by atoms with Gasteiger partial charge in [-0.2, -0.15) is 0 Å². The Morgan fingerprint density at radius 3 is 2.52 bits per heavy atom. The summed E-state index contributed by atoms with van der Waals surface area (Å²) in [7, 11) is 0.